The first-order valence-electron chi connectivity index (χ1n) is 8.40. The normalized spacial score (nSPS) is 33.5. The number of likely N-dealkylation sites (tertiary alicyclic amines) is 1. The van der Waals surface area contributed by atoms with Crippen LogP contribution < -0.4 is 5.32 Å². The molecule has 0 amide bonds. The van der Waals surface area contributed by atoms with Gasteiger partial charge in [-0.3, -0.25) is 0 Å². The van der Waals surface area contributed by atoms with E-state index in [0.29, 0.717) is 18.6 Å². The lowest BCUT2D eigenvalue weighted by Gasteiger charge is -2.23. The van der Waals surface area contributed by atoms with Crippen LogP contribution in [0.2, 0.25) is 0 Å². The molecule has 2 aliphatic rings. The molecule has 1 aliphatic carbocycles. The molecular weight excluding hydrogens is 236 g/mol. The molecule has 0 aromatic heterocycles. The lowest BCUT2D eigenvalue weighted by atomic mass is 9.96. The molecule has 0 spiro atoms. The van der Waals surface area contributed by atoms with Crippen LogP contribution in [0.4, 0.5) is 0 Å². The highest BCUT2D eigenvalue weighted by Crippen LogP contribution is 2.30. The Morgan fingerprint density at radius 2 is 1.89 bits per heavy atom. The molecule has 3 nitrogen and oxygen atoms in total. The van der Waals surface area contributed by atoms with Gasteiger partial charge in [0.2, 0.25) is 0 Å². The standard InChI is InChI=1S/C16H32N2O/c1-2-9-18-10-4-7-16(8-11-18)17-12-14-5-3-6-15(14)13-19/h14-17,19H,2-13H2,1H3. The number of nitrogens with zero attached hydrogens (tertiary/aromatic N) is 1. The number of aliphatic hydroxyl groups excluding tert-OH is 1. The average molecular weight is 268 g/mol. The highest BCUT2D eigenvalue weighted by molar-refractivity contribution is 4.81. The Hall–Kier alpha value is -0.120. The van der Waals surface area contributed by atoms with Gasteiger partial charge in [-0.25, -0.2) is 0 Å². The van der Waals surface area contributed by atoms with E-state index < -0.39 is 0 Å². The summed E-state index contributed by atoms with van der Waals surface area (Å²) in [5.74, 6) is 1.29. The van der Waals surface area contributed by atoms with Gasteiger partial charge < -0.3 is 15.3 Å². The van der Waals surface area contributed by atoms with Crippen LogP contribution in [0.15, 0.2) is 0 Å². The molecule has 0 bridgehead atoms. The highest BCUT2D eigenvalue weighted by Gasteiger charge is 2.27. The summed E-state index contributed by atoms with van der Waals surface area (Å²) in [6, 6.07) is 0.710. The van der Waals surface area contributed by atoms with Gasteiger partial charge in [-0.1, -0.05) is 13.3 Å². The molecule has 0 aromatic carbocycles. The van der Waals surface area contributed by atoms with Crippen LogP contribution in [0, 0.1) is 11.8 Å². The number of nitrogens with one attached hydrogen (secondary N) is 1. The third-order valence-corrected chi connectivity index (χ3v) is 5.08. The van der Waals surface area contributed by atoms with Gasteiger partial charge in [0.25, 0.3) is 0 Å². The number of aliphatic hydroxyl groups is 1. The minimum absolute atomic E-state index is 0.390. The maximum absolute atomic E-state index is 9.38. The monoisotopic (exact) mass is 268 g/mol. The predicted octanol–water partition coefficient (Wildman–Crippen LogP) is 2.25. The Morgan fingerprint density at radius 3 is 2.68 bits per heavy atom. The summed E-state index contributed by atoms with van der Waals surface area (Å²) in [7, 11) is 0. The minimum Gasteiger partial charge on any atom is -0.396 e. The molecule has 3 heteroatoms. The van der Waals surface area contributed by atoms with Crippen LogP contribution in [0.25, 0.3) is 0 Å². The van der Waals surface area contributed by atoms with Crippen molar-refractivity contribution in [3.63, 3.8) is 0 Å². The quantitative estimate of drug-likeness (QED) is 0.775. The first-order chi connectivity index (χ1) is 9.33. The van der Waals surface area contributed by atoms with Gasteiger partial charge in [-0.15, -0.1) is 0 Å². The second-order valence-electron chi connectivity index (χ2n) is 6.51. The summed E-state index contributed by atoms with van der Waals surface area (Å²) in [5, 5.41) is 13.2. The zero-order valence-corrected chi connectivity index (χ0v) is 12.6. The average Bonchev–Trinajstić information content (AvgIpc) is 2.77. The van der Waals surface area contributed by atoms with Crippen molar-refractivity contribution in [3.05, 3.63) is 0 Å². The zero-order chi connectivity index (χ0) is 13.5. The fourth-order valence-corrected chi connectivity index (χ4v) is 3.84. The van der Waals surface area contributed by atoms with Gasteiger partial charge in [0.15, 0.2) is 0 Å². The molecule has 19 heavy (non-hydrogen) atoms. The molecule has 1 saturated heterocycles. The maximum Gasteiger partial charge on any atom is 0.0462 e. The third kappa shape index (κ3) is 4.73. The molecule has 0 aromatic rings. The largest absolute Gasteiger partial charge is 0.396 e. The Labute approximate surface area is 118 Å². The Morgan fingerprint density at radius 1 is 1.05 bits per heavy atom. The number of hydrogen-bond donors (Lipinski definition) is 2. The van der Waals surface area contributed by atoms with E-state index in [1.54, 1.807) is 0 Å². The lowest BCUT2D eigenvalue weighted by molar-refractivity contribution is 0.189. The van der Waals surface area contributed by atoms with E-state index in [0.717, 1.165) is 12.5 Å². The van der Waals surface area contributed by atoms with Crippen molar-refractivity contribution < 1.29 is 5.11 Å². The Bertz CT molecular complexity index is 247. The van der Waals surface area contributed by atoms with Crippen molar-refractivity contribution >= 4 is 0 Å². The van der Waals surface area contributed by atoms with E-state index in [1.807, 2.05) is 0 Å². The summed E-state index contributed by atoms with van der Waals surface area (Å²) < 4.78 is 0. The lowest BCUT2D eigenvalue weighted by Crippen LogP contribution is -2.36. The molecular formula is C16H32N2O. The molecule has 1 saturated carbocycles. The summed E-state index contributed by atoms with van der Waals surface area (Å²) in [4.78, 5) is 2.62. The first-order valence-corrected chi connectivity index (χ1v) is 8.40. The molecule has 3 unspecified atom stereocenters. The fourth-order valence-electron chi connectivity index (χ4n) is 3.84. The smallest absolute Gasteiger partial charge is 0.0462 e. The Balaban J connectivity index is 1.68. The van der Waals surface area contributed by atoms with E-state index in [4.69, 9.17) is 0 Å². The van der Waals surface area contributed by atoms with Crippen LogP contribution in [-0.2, 0) is 0 Å². The minimum atomic E-state index is 0.390. The predicted molar refractivity (Wildman–Crippen MR) is 80.3 cm³/mol. The molecule has 0 radical (unpaired) electrons. The van der Waals surface area contributed by atoms with Gasteiger partial charge in [0.1, 0.15) is 0 Å². The van der Waals surface area contributed by atoms with E-state index in [-0.39, 0.29) is 0 Å². The molecule has 2 N–H and O–H groups in total. The van der Waals surface area contributed by atoms with E-state index in [9.17, 15) is 5.11 Å². The van der Waals surface area contributed by atoms with Crippen molar-refractivity contribution in [2.45, 2.75) is 57.9 Å². The first kappa shape index (κ1) is 15.3. The van der Waals surface area contributed by atoms with Crippen molar-refractivity contribution in [3.8, 4) is 0 Å². The Kier molecular flexibility index (Phi) is 6.62. The van der Waals surface area contributed by atoms with Crippen LogP contribution in [0.3, 0.4) is 0 Å². The number of rotatable bonds is 6. The summed E-state index contributed by atoms with van der Waals surface area (Å²) >= 11 is 0. The molecule has 1 heterocycles. The topological polar surface area (TPSA) is 35.5 Å². The maximum atomic E-state index is 9.38. The zero-order valence-electron chi connectivity index (χ0n) is 12.6. The van der Waals surface area contributed by atoms with Gasteiger partial charge in [-0.05, 0) is 76.5 Å². The fraction of sp³-hybridized carbons (Fsp3) is 1.00. The second kappa shape index (κ2) is 8.23. The van der Waals surface area contributed by atoms with Crippen LogP contribution >= 0.6 is 0 Å². The summed E-state index contributed by atoms with van der Waals surface area (Å²) in [5.41, 5.74) is 0. The molecule has 2 rings (SSSR count). The van der Waals surface area contributed by atoms with E-state index in [1.165, 1.54) is 64.6 Å². The molecule has 2 fully saturated rings. The van der Waals surface area contributed by atoms with E-state index in [2.05, 4.69) is 17.1 Å². The van der Waals surface area contributed by atoms with Gasteiger partial charge in [0.05, 0.1) is 0 Å². The molecule has 112 valence electrons. The van der Waals surface area contributed by atoms with Crippen molar-refractivity contribution in [1.29, 1.82) is 0 Å². The van der Waals surface area contributed by atoms with Gasteiger partial charge in [0, 0.05) is 12.6 Å². The van der Waals surface area contributed by atoms with Gasteiger partial charge in [-0.2, -0.15) is 0 Å². The SMILES string of the molecule is CCCN1CCCC(NCC2CCCC2CO)CC1. The van der Waals surface area contributed by atoms with Crippen LogP contribution in [-0.4, -0.2) is 48.8 Å². The number of hydrogen-bond acceptors (Lipinski definition) is 3. The van der Waals surface area contributed by atoms with Crippen molar-refractivity contribution in [1.82, 2.24) is 10.2 Å². The molecule has 1 aliphatic heterocycles. The summed E-state index contributed by atoms with van der Waals surface area (Å²) in [6.45, 7) is 7.61. The highest BCUT2D eigenvalue weighted by atomic mass is 16.3. The van der Waals surface area contributed by atoms with Crippen LogP contribution in [0.1, 0.15) is 51.9 Å². The second-order valence-corrected chi connectivity index (χ2v) is 6.51. The van der Waals surface area contributed by atoms with Crippen molar-refractivity contribution in [2.75, 3.05) is 32.8 Å². The summed E-state index contributed by atoms with van der Waals surface area (Å²) in [6.07, 6.45) is 9.11. The third-order valence-electron chi connectivity index (χ3n) is 5.08. The molecule has 3 atom stereocenters. The van der Waals surface area contributed by atoms with Crippen LogP contribution in [0.5, 0.6) is 0 Å². The van der Waals surface area contributed by atoms with Crippen molar-refractivity contribution in [2.24, 2.45) is 11.8 Å². The van der Waals surface area contributed by atoms with E-state index >= 15 is 0 Å². The van der Waals surface area contributed by atoms with Gasteiger partial charge >= 0.3 is 0 Å².